The van der Waals surface area contributed by atoms with E-state index in [4.69, 9.17) is 60.0 Å². The van der Waals surface area contributed by atoms with Gasteiger partial charge in [0.1, 0.15) is 34.2 Å². The van der Waals surface area contributed by atoms with Crippen LogP contribution in [0.2, 0.25) is 20.1 Å². The number of carbonyl (C=O) groups excluding carboxylic acids is 2. The molecule has 362 valence electrons. The van der Waals surface area contributed by atoms with Crippen LogP contribution in [0.1, 0.15) is 79.0 Å². The van der Waals surface area contributed by atoms with E-state index in [0.717, 1.165) is 66.2 Å². The number of aromatic hydroxyl groups is 1. The maximum absolute atomic E-state index is 12.9. The second-order valence-electron chi connectivity index (χ2n) is 18.0. The summed E-state index contributed by atoms with van der Waals surface area (Å²) in [6, 6.07) is 27.2. The molecule has 0 aromatic heterocycles. The van der Waals surface area contributed by atoms with E-state index in [1.807, 2.05) is 36.4 Å². The second-order valence-corrected chi connectivity index (χ2v) is 19.6. The van der Waals surface area contributed by atoms with E-state index in [2.05, 4.69) is 35.8 Å². The number of hydrogen-bond acceptors (Lipinski definition) is 8. The number of nitrogens with one attached hydrogen (secondary N) is 2. The van der Waals surface area contributed by atoms with E-state index in [0.29, 0.717) is 73.6 Å². The van der Waals surface area contributed by atoms with Crippen molar-refractivity contribution in [3.05, 3.63) is 173 Å². The zero-order chi connectivity index (χ0) is 49.9. The van der Waals surface area contributed by atoms with Gasteiger partial charge < -0.3 is 29.3 Å². The SMILES string of the molecule is CC1C=CC(CCNC(=O)c2ccc(-c3c4cc(Cl)c(=O)cc-4oc4cc(O)c(Cl)cc34)cc2)=CC1.COc1cc2oc3cc(=O)c(Cl)cc-3c(-c3ccc(C(=O)NC4CCCCCC4)cc3)c2cc1Cl. The topological polar surface area (TPSA) is 148 Å². The standard InChI is InChI=1S/C29H23Cl2NO4.C28H25Cl2NO4/c1-16-2-4-17(5-3-16)10-11-32-29(35)19-8-6-18(7-9-19)28-20-12-22(30)24(33)14-26(20)36-27-15-25(34)23(31)13-21(27)28;1-34-26-15-25-20(13-22(26)30)27(19-12-21(29)23(32)14-24(19)35-25)16-8-10-17(11-9-16)28(33)31-18-6-4-2-3-5-7-18/h2,4-9,12-16,33H,3,10-11H2,1H3,(H,32,35);8-15,18H,2-7H2,1H3,(H,31,33). The molecule has 4 aliphatic carbocycles. The van der Waals surface area contributed by atoms with Crippen LogP contribution in [0.15, 0.2) is 139 Å². The Morgan fingerprint density at radius 3 is 1.75 bits per heavy atom. The average Bonchev–Trinajstić information content (AvgIpc) is 3.63. The minimum Gasteiger partial charge on any atom is -0.506 e. The summed E-state index contributed by atoms with van der Waals surface area (Å²) >= 11 is 25.0. The predicted octanol–water partition coefficient (Wildman–Crippen LogP) is 14.6. The van der Waals surface area contributed by atoms with Crippen molar-refractivity contribution >= 4 is 80.2 Å². The van der Waals surface area contributed by atoms with Gasteiger partial charge >= 0.3 is 0 Å². The number of phenolic OH excluding ortho intramolecular Hbond substituents is 1. The molecule has 2 amide bonds. The number of amides is 2. The Bertz CT molecular complexity index is 3440. The van der Waals surface area contributed by atoms with Crippen LogP contribution in [0.5, 0.6) is 11.5 Å². The molecule has 0 saturated heterocycles. The molecule has 6 aliphatic rings. The minimum atomic E-state index is -0.364. The molecular weight excluding hydrogens is 982 g/mol. The van der Waals surface area contributed by atoms with Crippen LogP contribution in [0, 0.1) is 5.92 Å². The van der Waals surface area contributed by atoms with E-state index in [9.17, 15) is 24.3 Å². The number of phenols is 1. The predicted molar refractivity (Wildman–Crippen MR) is 284 cm³/mol. The molecule has 0 bridgehead atoms. The quantitative estimate of drug-likeness (QED) is 0.0956. The van der Waals surface area contributed by atoms with Crippen molar-refractivity contribution in [3.63, 3.8) is 0 Å². The molecule has 1 fully saturated rings. The van der Waals surface area contributed by atoms with Crippen LogP contribution in [0.4, 0.5) is 0 Å². The molecule has 71 heavy (non-hydrogen) atoms. The molecule has 0 radical (unpaired) electrons. The van der Waals surface area contributed by atoms with Gasteiger partial charge in [0, 0.05) is 81.0 Å². The second kappa shape index (κ2) is 21.4. The summed E-state index contributed by atoms with van der Waals surface area (Å²) in [5.74, 6) is 1.42. The van der Waals surface area contributed by atoms with Crippen LogP contribution in [0.3, 0.4) is 0 Å². The van der Waals surface area contributed by atoms with Crippen LogP contribution in [-0.4, -0.2) is 36.6 Å². The highest BCUT2D eigenvalue weighted by Gasteiger charge is 2.24. The maximum atomic E-state index is 12.9. The van der Waals surface area contributed by atoms with Gasteiger partial charge in [0.15, 0.2) is 0 Å². The Hall–Kier alpha value is -6.56. The van der Waals surface area contributed by atoms with E-state index in [1.165, 1.54) is 43.7 Å². The van der Waals surface area contributed by atoms with Crippen LogP contribution >= 0.6 is 46.4 Å². The first-order chi connectivity index (χ1) is 34.2. The molecule has 2 heterocycles. The summed E-state index contributed by atoms with van der Waals surface area (Å²) in [6.07, 6.45) is 15.2. The third-order valence-corrected chi connectivity index (χ3v) is 14.2. The van der Waals surface area contributed by atoms with Gasteiger partial charge in [-0.2, -0.15) is 0 Å². The fourth-order valence-corrected chi connectivity index (χ4v) is 9.95. The third-order valence-electron chi connectivity index (χ3n) is 13.0. The van der Waals surface area contributed by atoms with Gasteiger partial charge in [0.25, 0.3) is 11.8 Å². The van der Waals surface area contributed by atoms with Crippen molar-refractivity contribution in [2.75, 3.05) is 13.7 Å². The molecule has 4 aromatic rings. The van der Waals surface area contributed by atoms with Crippen molar-refractivity contribution in [2.24, 2.45) is 5.92 Å². The number of ether oxygens (including phenoxy) is 1. The lowest BCUT2D eigenvalue weighted by atomic mass is 9.93. The summed E-state index contributed by atoms with van der Waals surface area (Å²) in [6.45, 7) is 2.73. The number of allylic oxidation sites excluding steroid dienone is 3. The lowest BCUT2D eigenvalue weighted by Crippen LogP contribution is -2.34. The third kappa shape index (κ3) is 10.9. The minimum absolute atomic E-state index is 0.0620. The Morgan fingerprint density at radius 2 is 1.21 bits per heavy atom. The zero-order valence-corrected chi connectivity index (χ0v) is 41.8. The average molecular weight is 1030 g/mol. The number of hydrogen-bond donors (Lipinski definition) is 3. The van der Waals surface area contributed by atoms with E-state index in [-0.39, 0.29) is 49.5 Å². The van der Waals surface area contributed by atoms with Gasteiger partial charge in [-0.15, -0.1) is 0 Å². The van der Waals surface area contributed by atoms with Crippen LogP contribution in [0.25, 0.3) is 66.8 Å². The van der Waals surface area contributed by atoms with Crippen LogP contribution < -0.4 is 26.2 Å². The highest BCUT2D eigenvalue weighted by atomic mass is 35.5. The number of rotatable bonds is 9. The van der Waals surface area contributed by atoms with Gasteiger partial charge in [-0.25, -0.2) is 0 Å². The molecule has 4 aromatic carbocycles. The molecule has 14 heteroatoms. The normalized spacial score (nSPS) is 15.0. The molecule has 10 rings (SSSR count). The molecule has 0 spiro atoms. The summed E-state index contributed by atoms with van der Waals surface area (Å²) in [7, 11) is 1.53. The number of fused-ring (bicyclic) bond motifs is 4. The van der Waals surface area contributed by atoms with Gasteiger partial charge in [-0.1, -0.05) is 127 Å². The molecule has 1 unspecified atom stereocenters. The smallest absolute Gasteiger partial charge is 0.251 e. The molecule has 1 atom stereocenters. The fraction of sp³-hybridized carbons (Fsp3) is 0.228. The van der Waals surface area contributed by atoms with Crippen LogP contribution in [-0.2, 0) is 0 Å². The van der Waals surface area contributed by atoms with E-state index >= 15 is 0 Å². The van der Waals surface area contributed by atoms with Crippen molar-refractivity contribution < 1.29 is 28.3 Å². The van der Waals surface area contributed by atoms with E-state index in [1.54, 1.807) is 42.5 Å². The van der Waals surface area contributed by atoms with Crippen molar-refractivity contribution in [2.45, 2.75) is 64.3 Å². The lowest BCUT2D eigenvalue weighted by molar-refractivity contribution is 0.0930. The first kappa shape index (κ1) is 49.4. The summed E-state index contributed by atoms with van der Waals surface area (Å²) < 4.78 is 17.3. The first-order valence-electron chi connectivity index (χ1n) is 23.4. The number of benzene rings is 6. The Labute approximate surface area is 429 Å². The monoisotopic (exact) mass is 1030 g/mol. The highest BCUT2D eigenvalue weighted by Crippen LogP contribution is 2.45. The molecular formula is C57H48Cl4N2O8. The van der Waals surface area contributed by atoms with Crippen molar-refractivity contribution in [1.29, 1.82) is 0 Å². The van der Waals surface area contributed by atoms with Gasteiger partial charge in [0.05, 0.1) is 27.2 Å². The number of methoxy groups -OCH3 is 1. The summed E-state index contributed by atoms with van der Waals surface area (Å²) in [5, 5.41) is 18.4. The lowest BCUT2D eigenvalue weighted by Gasteiger charge is -2.18. The largest absolute Gasteiger partial charge is 0.506 e. The Balaban J connectivity index is 0.000000176. The van der Waals surface area contributed by atoms with Crippen molar-refractivity contribution in [3.8, 4) is 56.4 Å². The molecule has 10 nitrogen and oxygen atoms in total. The first-order valence-corrected chi connectivity index (χ1v) is 24.9. The summed E-state index contributed by atoms with van der Waals surface area (Å²) in [5.41, 5.74) is 7.03. The Morgan fingerprint density at radius 1 is 0.676 bits per heavy atom. The maximum Gasteiger partial charge on any atom is 0.251 e. The van der Waals surface area contributed by atoms with Gasteiger partial charge in [-0.3, -0.25) is 19.2 Å². The van der Waals surface area contributed by atoms with Gasteiger partial charge in [0.2, 0.25) is 10.9 Å². The molecule has 1 saturated carbocycles. The molecule has 3 N–H and O–H groups in total. The highest BCUT2D eigenvalue weighted by molar-refractivity contribution is 6.34. The number of halogens is 4. The molecule has 2 aliphatic heterocycles. The zero-order valence-electron chi connectivity index (χ0n) is 38.8. The van der Waals surface area contributed by atoms with Crippen molar-refractivity contribution in [1.82, 2.24) is 10.6 Å². The Kier molecular flexibility index (Phi) is 14.9. The summed E-state index contributed by atoms with van der Waals surface area (Å²) in [4.78, 5) is 50.0. The van der Waals surface area contributed by atoms with Gasteiger partial charge in [-0.05, 0) is 91.3 Å². The van der Waals surface area contributed by atoms with E-state index < -0.39 is 0 Å². The number of carbonyl (C=O) groups is 2. The fourth-order valence-electron chi connectivity index (χ4n) is 9.22.